The van der Waals surface area contributed by atoms with Crippen molar-refractivity contribution >= 4 is 6.08 Å². The second-order valence-electron chi connectivity index (χ2n) is 2.15. The van der Waals surface area contributed by atoms with Gasteiger partial charge in [0.25, 0.3) is 0 Å². The molecule has 10 heavy (non-hydrogen) atoms. The van der Waals surface area contributed by atoms with Crippen LogP contribution in [0.1, 0.15) is 11.1 Å². The molecule has 0 N–H and O–H groups in total. The highest BCUT2D eigenvalue weighted by Gasteiger charge is 2.08. The minimum Gasteiger partial charge on any atom is -0.496 e. The quantitative estimate of drug-likeness (QED) is 0.507. The lowest BCUT2D eigenvalue weighted by Crippen LogP contribution is -1.94. The Kier molecular flexibility index (Phi) is 1.17. The van der Waals surface area contributed by atoms with Gasteiger partial charge in [0.1, 0.15) is 6.61 Å². The molecule has 2 nitrogen and oxygen atoms in total. The van der Waals surface area contributed by atoms with Crippen LogP contribution in [0.5, 0.6) is 0 Å². The summed E-state index contributed by atoms with van der Waals surface area (Å²) in [6, 6.07) is 1.92. The first-order valence-electron chi connectivity index (χ1n) is 3.13. The first kappa shape index (κ1) is 5.47. The van der Waals surface area contributed by atoms with E-state index in [0.29, 0.717) is 6.61 Å². The highest BCUT2D eigenvalue weighted by atomic mass is 16.5. The third kappa shape index (κ3) is 0.778. The SMILES string of the molecule is C1=Cc2cc[o+]cc2CO1. The molecular weight excluding hydrogens is 128 g/mol. The first-order valence-corrected chi connectivity index (χ1v) is 3.13. The van der Waals surface area contributed by atoms with E-state index >= 15 is 0 Å². The van der Waals surface area contributed by atoms with Gasteiger partial charge in [0.15, 0.2) is 0 Å². The van der Waals surface area contributed by atoms with Gasteiger partial charge < -0.3 is 4.74 Å². The molecule has 1 aliphatic rings. The van der Waals surface area contributed by atoms with Crippen LogP contribution in [-0.2, 0) is 11.3 Å². The number of hydrogen-bond acceptors (Lipinski definition) is 1. The Morgan fingerprint density at radius 1 is 1.50 bits per heavy atom. The van der Waals surface area contributed by atoms with Crippen LogP contribution in [0.3, 0.4) is 0 Å². The molecule has 0 aliphatic carbocycles. The van der Waals surface area contributed by atoms with Gasteiger partial charge in [-0.05, 0) is 6.08 Å². The van der Waals surface area contributed by atoms with E-state index in [2.05, 4.69) is 0 Å². The molecule has 1 aromatic rings. The second-order valence-corrected chi connectivity index (χ2v) is 2.15. The highest BCUT2D eigenvalue weighted by Crippen LogP contribution is 2.15. The number of rotatable bonds is 0. The number of ether oxygens (including phenoxy) is 1. The molecule has 2 heteroatoms. The van der Waals surface area contributed by atoms with E-state index in [4.69, 9.17) is 9.15 Å². The smallest absolute Gasteiger partial charge is 0.325 e. The zero-order valence-corrected chi connectivity index (χ0v) is 5.41. The van der Waals surface area contributed by atoms with Gasteiger partial charge in [-0.25, -0.2) is 4.42 Å². The molecule has 50 valence electrons. The molecule has 0 saturated heterocycles. The lowest BCUT2D eigenvalue weighted by molar-refractivity contribution is 0.231. The maximum absolute atomic E-state index is 5.06. The molecule has 0 bridgehead atoms. The Morgan fingerprint density at radius 3 is 3.40 bits per heavy atom. The summed E-state index contributed by atoms with van der Waals surface area (Å²) in [5.41, 5.74) is 2.28. The molecule has 0 unspecified atom stereocenters. The predicted octanol–water partition coefficient (Wildman–Crippen LogP) is 2.06. The normalized spacial score (nSPS) is 14.0. The Balaban J connectivity index is 2.54. The zero-order valence-electron chi connectivity index (χ0n) is 5.41. The Hall–Kier alpha value is -1.31. The molecule has 0 aromatic carbocycles. The van der Waals surface area contributed by atoms with Crippen molar-refractivity contribution in [2.24, 2.45) is 0 Å². The number of fused-ring (bicyclic) bond motifs is 1. The van der Waals surface area contributed by atoms with Gasteiger partial charge in [-0.2, -0.15) is 0 Å². The van der Waals surface area contributed by atoms with Gasteiger partial charge in [0.05, 0.1) is 11.8 Å². The van der Waals surface area contributed by atoms with Crippen LogP contribution in [0.15, 0.2) is 29.3 Å². The van der Waals surface area contributed by atoms with E-state index < -0.39 is 0 Å². The summed E-state index contributed by atoms with van der Waals surface area (Å²) < 4.78 is 10.0. The van der Waals surface area contributed by atoms with Gasteiger partial charge in [-0.3, -0.25) is 0 Å². The van der Waals surface area contributed by atoms with Crippen molar-refractivity contribution in [1.82, 2.24) is 0 Å². The van der Waals surface area contributed by atoms with Gasteiger partial charge in [-0.15, -0.1) is 0 Å². The van der Waals surface area contributed by atoms with Crippen LogP contribution in [0, 0.1) is 0 Å². The molecule has 2 rings (SSSR count). The van der Waals surface area contributed by atoms with Gasteiger partial charge in [0.2, 0.25) is 0 Å². The summed E-state index contributed by atoms with van der Waals surface area (Å²) in [5, 5.41) is 0. The van der Waals surface area contributed by atoms with Crippen LogP contribution >= 0.6 is 0 Å². The summed E-state index contributed by atoms with van der Waals surface area (Å²) >= 11 is 0. The maximum Gasteiger partial charge on any atom is 0.325 e. The fraction of sp³-hybridized carbons (Fsp3) is 0.125. The largest absolute Gasteiger partial charge is 0.496 e. The summed E-state index contributed by atoms with van der Waals surface area (Å²) in [4.78, 5) is 0. The van der Waals surface area contributed by atoms with Gasteiger partial charge in [0, 0.05) is 11.6 Å². The molecule has 2 heterocycles. The van der Waals surface area contributed by atoms with Gasteiger partial charge in [-0.1, -0.05) is 0 Å². The molecule has 0 fully saturated rings. The standard InChI is InChI=1S/C8H7O2/c1-3-9-5-8-6-10-4-2-7(1)8/h1-5H,6H2/q+1. The van der Waals surface area contributed by atoms with Crippen LogP contribution in [0.4, 0.5) is 0 Å². The Bertz CT molecular complexity index is 266. The molecule has 0 saturated carbocycles. The monoisotopic (exact) mass is 135 g/mol. The fourth-order valence-corrected chi connectivity index (χ4v) is 0.948. The summed E-state index contributed by atoms with van der Waals surface area (Å²) in [7, 11) is 0. The molecule has 1 aromatic heterocycles. The lowest BCUT2D eigenvalue weighted by Gasteiger charge is -2.05. The summed E-state index contributed by atoms with van der Waals surface area (Å²) in [6.07, 6.45) is 6.99. The van der Waals surface area contributed by atoms with Crippen molar-refractivity contribution in [3.63, 3.8) is 0 Å². The zero-order chi connectivity index (χ0) is 6.81. The molecule has 0 spiro atoms. The first-order chi connectivity index (χ1) is 4.97. The van der Waals surface area contributed by atoms with Crippen molar-refractivity contribution in [1.29, 1.82) is 0 Å². The highest BCUT2D eigenvalue weighted by molar-refractivity contribution is 5.52. The van der Waals surface area contributed by atoms with Crippen LogP contribution in [0.25, 0.3) is 6.08 Å². The van der Waals surface area contributed by atoms with Gasteiger partial charge >= 0.3 is 12.5 Å². The van der Waals surface area contributed by atoms with Crippen molar-refractivity contribution in [2.75, 3.05) is 0 Å². The Labute approximate surface area is 58.7 Å². The van der Waals surface area contributed by atoms with Crippen LogP contribution < -0.4 is 0 Å². The van der Waals surface area contributed by atoms with E-state index in [1.165, 1.54) is 5.56 Å². The lowest BCUT2D eigenvalue weighted by atomic mass is 10.1. The summed E-state index contributed by atoms with van der Waals surface area (Å²) in [6.45, 7) is 0.621. The molecule has 0 amide bonds. The number of hydrogen-bond donors (Lipinski definition) is 0. The van der Waals surface area contributed by atoms with Crippen molar-refractivity contribution < 1.29 is 9.15 Å². The van der Waals surface area contributed by atoms with E-state index in [-0.39, 0.29) is 0 Å². The van der Waals surface area contributed by atoms with Crippen molar-refractivity contribution in [3.8, 4) is 0 Å². The van der Waals surface area contributed by atoms with Crippen molar-refractivity contribution in [3.05, 3.63) is 36.0 Å². The molecule has 1 aliphatic heterocycles. The van der Waals surface area contributed by atoms with Crippen LogP contribution in [-0.4, -0.2) is 0 Å². The van der Waals surface area contributed by atoms with E-state index in [1.54, 1.807) is 18.8 Å². The maximum atomic E-state index is 5.06. The second kappa shape index (κ2) is 2.14. The molecule has 0 radical (unpaired) electrons. The minimum atomic E-state index is 0.621. The van der Waals surface area contributed by atoms with E-state index in [0.717, 1.165) is 5.56 Å². The third-order valence-corrected chi connectivity index (χ3v) is 1.49. The predicted molar refractivity (Wildman–Crippen MR) is 36.9 cm³/mol. The Morgan fingerprint density at radius 2 is 2.50 bits per heavy atom. The average Bonchev–Trinajstić information content (AvgIpc) is 2.05. The molecular formula is C8H7O2+. The third-order valence-electron chi connectivity index (χ3n) is 1.49. The van der Waals surface area contributed by atoms with E-state index in [1.807, 2.05) is 12.1 Å². The van der Waals surface area contributed by atoms with E-state index in [9.17, 15) is 0 Å². The van der Waals surface area contributed by atoms with Crippen LogP contribution in [0.2, 0.25) is 0 Å². The minimum absolute atomic E-state index is 0.621. The fourth-order valence-electron chi connectivity index (χ4n) is 0.948. The molecule has 0 atom stereocenters. The summed E-state index contributed by atoms with van der Waals surface area (Å²) in [5.74, 6) is 0. The average molecular weight is 135 g/mol. The topological polar surface area (TPSA) is 20.5 Å². The van der Waals surface area contributed by atoms with Crippen molar-refractivity contribution in [2.45, 2.75) is 6.61 Å².